The summed E-state index contributed by atoms with van der Waals surface area (Å²) in [5.74, 6) is 0.905. The third-order valence-electron chi connectivity index (χ3n) is 5.04. The van der Waals surface area contributed by atoms with E-state index in [0.29, 0.717) is 23.8 Å². The second kappa shape index (κ2) is 15.3. The van der Waals surface area contributed by atoms with Crippen LogP contribution in [0.4, 0.5) is 0 Å². The molecule has 1 aliphatic carbocycles. The van der Waals surface area contributed by atoms with Crippen LogP contribution in [0.3, 0.4) is 0 Å². The predicted molar refractivity (Wildman–Crippen MR) is 136 cm³/mol. The van der Waals surface area contributed by atoms with E-state index in [1.54, 1.807) is 36.4 Å². The Balaban J connectivity index is 0.000000284. The number of ether oxygens (including phenoxy) is 2. The largest absolute Gasteiger partial charge is 0.493 e. The molecule has 0 bridgehead atoms. The minimum atomic E-state index is -0.405. The molecule has 0 saturated heterocycles. The third-order valence-corrected chi connectivity index (χ3v) is 5.04. The summed E-state index contributed by atoms with van der Waals surface area (Å²) >= 11 is 0. The van der Waals surface area contributed by atoms with Gasteiger partial charge in [-0.25, -0.2) is 0 Å². The summed E-state index contributed by atoms with van der Waals surface area (Å²) in [5.41, 5.74) is 19.0. The Labute approximate surface area is 202 Å². The van der Waals surface area contributed by atoms with Crippen LogP contribution in [0, 0.1) is 5.92 Å². The van der Waals surface area contributed by atoms with Gasteiger partial charge < -0.3 is 26.7 Å². The van der Waals surface area contributed by atoms with Gasteiger partial charge in [-0.2, -0.15) is 4.99 Å². The van der Waals surface area contributed by atoms with Crippen LogP contribution in [0.1, 0.15) is 49.8 Å². The normalized spacial score (nSPS) is 11.2. The molecular formula is C26H38N4O4. The Morgan fingerprint density at radius 2 is 1.53 bits per heavy atom. The van der Waals surface area contributed by atoms with Crippen molar-refractivity contribution in [1.82, 2.24) is 0 Å². The number of aryl methyl sites for hydroxylation is 2. The van der Waals surface area contributed by atoms with Crippen LogP contribution in [0.2, 0.25) is 0 Å². The first kappa shape index (κ1) is 28.5. The van der Waals surface area contributed by atoms with Crippen molar-refractivity contribution in [3.63, 3.8) is 0 Å². The Bertz CT molecular complexity index is 931. The molecule has 2 amide bonds. The number of carbonyl (C=O) groups is 2. The van der Waals surface area contributed by atoms with Crippen LogP contribution in [0.5, 0.6) is 11.5 Å². The summed E-state index contributed by atoms with van der Waals surface area (Å²) in [6, 6.07) is 13.9. The molecule has 0 aliphatic heterocycles. The van der Waals surface area contributed by atoms with E-state index in [9.17, 15) is 9.59 Å². The number of nitrogens with zero attached hydrogens (tertiary/aromatic N) is 1. The molecule has 34 heavy (non-hydrogen) atoms. The monoisotopic (exact) mass is 470 g/mol. The van der Waals surface area contributed by atoms with Crippen molar-refractivity contribution in [1.29, 1.82) is 0 Å². The van der Waals surface area contributed by atoms with Crippen molar-refractivity contribution in [3.05, 3.63) is 59.2 Å². The van der Waals surface area contributed by atoms with Crippen molar-refractivity contribution in [2.45, 2.75) is 52.4 Å². The lowest BCUT2D eigenvalue weighted by atomic mass is 10.1. The first-order chi connectivity index (χ1) is 16.2. The number of guanidine groups is 1. The Morgan fingerprint density at radius 3 is 1.97 bits per heavy atom. The number of benzene rings is 2. The summed E-state index contributed by atoms with van der Waals surface area (Å²) in [6.45, 7) is 4.14. The molecule has 0 unspecified atom stereocenters. The van der Waals surface area contributed by atoms with Gasteiger partial charge in [-0.3, -0.25) is 9.59 Å². The molecule has 3 rings (SSSR count). The molecule has 0 radical (unpaired) electrons. The number of primary amides is 1. The van der Waals surface area contributed by atoms with E-state index in [1.807, 2.05) is 0 Å². The maximum atomic E-state index is 11.4. The fourth-order valence-corrected chi connectivity index (χ4v) is 3.29. The molecule has 0 aromatic heterocycles. The van der Waals surface area contributed by atoms with Gasteiger partial charge in [0.1, 0.15) is 0 Å². The summed E-state index contributed by atoms with van der Waals surface area (Å²) in [6.07, 6.45) is 5.51. The molecule has 0 heterocycles. The molecule has 2 aromatic rings. The van der Waals surface area contributed by atoms with Gasteiger partial charge in [-0.15, -0.1) is 0 Å². The van der Waals surface area contributed by atoms with Crippen molar-refractivity contribution in [2.75, 3.05) is 14.2 Å². The van der Waals surface area contributed by atoms with E-state index in [0.717, 1.165) is 12.0 Å². The van der Waals surface area contributed by atoms with Gasteiger partial charge in [-0.1, -0.05) is 44.2 Å². The number of fused-ring (bicyclic) bond motifs is 1. The maximum absolute atomic E-state index is 11.4. The second-order valence-electron chi connectivity index (χ2n) is 8.32. The number of hydrogen-bond donors (Lipinski definition) is 3. The summed E-state index contributed by atoms with van der Waals surface area (Å²) in [5, 5.41) is 0. The second-order valence-corrected chi connectivity index (χ2v) is 8.32. The lowest BCUT2D eigenvalue weighted by molar-refractivity contribution is -0.118. The average molecular weight is 471 g/mol. The molecule has 8 nitrogen and oxygen atoms in total. The van der Waals surface area contributed by atoms with Crippen LogP contribution in [0.25, 0.3) is 0 Å². The SMILES string of the molecule is CC(C)CCC(N)=O.COc1ccc(CC(=O)N=C(N)N)cc1OC.c1ccc2c(c1)CCC2. The van der Waals surface area contributed by atoms with E-state index < -0.39 is 5.91 Å². The molecule has 1 aliphatic rings. The highest BCUT2D eigenvalue weighted by atomic mass is 16.5. The predicted octanol–water partition coefficient (Wildman–Crippen LogP) is 3.13. The average Bonchev–Trinajstić information content (AvgIpc) is 3.27. The van der Waals surface area contributed by atoms with Crippen LogP contribution >= 0.6 is 0 Å². The van der Waals surface area contributed by atoms with Crippen LogP contribution in [0.15, 0.2) is 47.5 Å². The minimum absolute atomic E-state index is 0.109. The number of carbonyl (C=O) groups excluding carboxylic acids is 2. The fraction of sp³-hybridized carbons (Fsp3) is 0.423. The minimum Gasteiger partial charge on any atom is -0.493 e. The Morgan fingerprint density at radius 1 is 0.941 bits per heavy atom. The van der Waals surface area contributed by atoms with Crippen LogP contribution in [-0.4, -0.2) is 32.0 Å². The van der Waals surface area contributed by atoms with Gasteiger partial charge in [0, 0.05) is 6.42 Å². The van der Waals surface area contributed by atoms with Gasteiger partial charge in [0.15, 0.2) is 17.5 Å². The maximum Gasteiger partial charge on any atom is 0.253 e. The summed E-state index contributed by atoms with van der Waals surface area (Å²) in [4.78, 5) is 24.9. The molecule has 0 fully saturated rings. The smallest absolute Gasteiger partial charge is 0.253 e. The third kappa shape index (κ3) is 11.4. The van der Waals surface area contributed by atoms with Crippen LogP contribution in [-0.2, 0) is 28.9 Å². The van der Waals surface area contributed by atoms with E-state index in [2.05, 4.69) is 43.1 Å². The van der Waals surface area contributed by atoms with Crippen molar-refractivity contribution < 1.29 is 19.1 Å². The Hall–Kier alpha value is -3.55. The molecule has 0 spiro atoms. The molecule has 8 heteroatoms. The van der Waals surface area contributed by atoms with Crippen molar-refractivity contribution in [2.24, 2.45) is 28.1 Å². The highest BCUT2D eigenvalue weighted by Crippen LogP contribution is 2.27. The molecule has 0 saturated carbocycles. The van der Waals surface area contributed by atoms with Gasteiger partial charge in [0.05, 0.1) is 20.6 Å². The number of methoxy groups -OCH3 is 2. The number of aliphatic imine (C=N–C) groups is 1. The molecule has 2 aromatic carbocycles. The molecule has 186 valence electrons. The number of nitrogens with two attached hydrogens (primary N) is 3. The number of rotatable bonds is 7. The zero-order chi connectivity index (χ0) is 25.5. The van der Waals surface area contributed by atoms with Gasteiger partial charge in [0.2, 0.25) is 5.91 Å². The van der Waals surface area contributed by atoms with Crippen LogP contribution < -0.4 is 26.7 Å². The lowest BCUT2D eigenvalue weighted by Crippen LogP contribution is -2.24. The highest BCUT2D eigenvalue weighted by Gasteiger charge is 2.08. The molecule has 6 N–H and O–H groups in total. The fourth-order valence-electron chi connectivity index (χ4n) is 3.29. The molecule has 0 atom stereocenters. The van der Waals surface area contributed by atoms with Gasteiger partial charge in [-0.05, 0) is 60.4 Å². The molecular weight excluding hydrogens is 432 g/mol. The van der Waals surface area contributed by atoms with Crippen molar-refractivity contribution >= 4 is 17.8 Å². The van der Waals surface area contributed by atoms with Gasteiger partial charge in [0.25, 0.3) is 5.91 Å². The quantitative estimate of drug-likeness (QED) is 0.419. The number of hydrogen-bond acceptors (Lipinski definition) is 4. The number of amides is 2. The van der Waals surface area contributed by atoms with Gasteiger partial charge >= 0.3 is 0 Å². The topological polar surface area (TPSA) is 143 Å². The zero-order valence-corrected chi connectivity index (χ0v) is 20.7. The Kier molecular flexibility index (Phi) is 12.8. The standard InChI is InChI=1S/C11H15N3O3.C9H10.C6H13NO/c1-16-8-4-3-7(5-9(8)17-2)6-10(15)14-11(12)13;1-2-5-9-7-3-6-8(9)4-1;1-5(2)3-4-6(7)8/h3-5H,6H2,1-2H3,(H4,12,13,14,15);1-2,4-5H,3,6-7H2;5H,3-4H2,1-2H3,(H2,7,8). The van der Waals surface area contributed by atoms with E-state index in [-0.39, 0.29) is 18.3 Å². The van der Waals surface area contributed by atoms with E-state index in [4.69, 9.17) is 26.7 Å². The first-order valence-corrected chi connectivity index (χ1v) is 11.3. The summed E-state index contributed by atoms with van der Waals surface area (Å²) < 4.78 is 10.2. The lowest BCUT2D eigenvalue weighted by Gasteiger charge is -2.08. The van der Waals surface area contributed by atoms with Crippen molar-refractivity contribution in [3.8, 4) is 11.5 Å². The summed E-state index contributed by atoms with van der Waals surface area (Å²) in [7, 11) is 3.07. The van der Waals surface area contributed by atoms with E-state index >= 15 is 0 Å². The zero-order valence-electron chi connectivity index (χ0n) is 20.7. The first-order valence-electron chi connectivity index (χ1n) is 11.3. The highest BCUT2D eigenvalue weighted by molar-refractivity contribution is 5.92. The van der Waals surface area contributed by atoms with E-state index in [1.165, 1.54) is 26.4 Å².